The first-order chi connectivity index (χ1) is 14.2. The van der Waals surface area contributed by atoms with Crippen LogP contribution in [0.2, 0.25) is 0 Å². The number of aromatic nitrogens is 3. The molecule has 1 aliphatic heterocycles. The van der Waals surface area contributed by atoms with E-state index in [0.717, 1.165) is 28.6 Å². The molecule has 0 spiro atoms. The van der Waals surface area contributed by atoms with Gasteiger partial charge in [-0.25, -0.2) is 14.3 Å². The van der Waals surface area contributed by atoms with Gasteiger partial charge in [0.2, 0.25) is 0 Å². The molecule has 1 atom stereocenters. The average Bonchev–Trinajstić information content (AvgIpc) is 3.10. The van der Waals surface area contributed by atoms with Crippen molar-refractivity contribution >= 4 is 11.7 Å². The number of nitrogens with zero attached hydrogens (tertiary/aromatic N) is 4. The zero-order valence-electron chi connectivity index (χ0n) is 18.9. The molecule has 4 rings (SSSR count). The summed E-state index contributed by atoms with van der Waals surface area (Å²) in [5.74, 6) is 1.31. The Bertz CT molecular complexity index is 909. The van der Waals surface area contributed by atoms with Crippen LogP contribution >= 0.6 is 0 Å². The smallest absolute Gasteiger partial charge is 0.410 e. The fraction of sp³-hybridized carbons (Fsp3) is 0.696. The number of hydrogen-bond donors (Lipinski definition) is 0. The largest absolute Gasteiger partial charge is 0.444 e. The van der Waals surface area contributed by atoms with Crippen LogP contribution in [0.1, 0.15) is 82.5 Å². The Kier molecular flexibility index (Phi) is 5.75. The van der Waals surface area contributed by atoms with Crippen molar-refractivity contribution in [2.75, 3.05) is 19.7 Å². The lowest BCUT2D eigenvalue weighted by atomic mass is 9.81. The van der Waals surface area contributed by atoms with Gasteiger partial charge in [-0.15, -0.1) is 0 Å². The van der Waals surface area contributed by atoms with Crippen LogP contribution in [0.5, 0.6) is 0 Å². The molecule has 2 aliphatic rings. The van der Waals surface area contributed by atoms with Gasteiger partial charge in [0.15, 0.2) is 5.65 Å². The normalized spacial score (nSPS) is 25.5. The summed E-state index contributed by atoms with van der Waals surface area (Å²) in [5, 5.41) is 4.95. The number of fused-ring (bicyclic) bond motifs is 1. The molecule has 0 radical (unpaired) electrons. The highest BCUT2D eigenvalue weighted by Crippen LogP contribution is 2.35. The SMILES string of the molecule is Cc1cc(C2CN(C(=O)OC(C)(C)C)CCO2)n2nc([C@H]3CC[C@H](C)CC3)cc2n1. The molecule has 1 unspecified atom stereocenters. The summed E-state index contributed by atoms with van der Waals surface area (Å²) in [6.45, 7) is 11.4. The predicted octanol–water partition coefficient (Wildman–Crippen LogP) is 4.64. The van der Waals surface area contributed by atoms with Crippen molar-refractivity contribution in [1.29, 1.82) is 0 Å². The van der Waals surface area contributed by atoms with Crippen molar-refractivity contribution in [3.63, 3.8) is 0 Å². The Morgan fingerprint density at radius 3 is 2.63 bits per heavy atom. The molecule has 2 aromatic heterocycles. The Hall–Kier alpha value is -2.15. The lowest BCUT2D eigenvalue weighted by Crippen LogP contribution is -2.45. The Morgan fingerprint density at radius 1 is 1.20 bits per heavy atom. The molecule has 0 bridgehead atoms. The lowest BCUT2D eigenvalue weighted by Gasteiger charge is -2.34. The van der Waals surface area contributed by atoms with Crippen molar-refractivity contribution in [2.24, 2.45) is 5.92 Å². The first-order valence-electron chi connectivity index (χ1n) is 11.2. The van der Waals surface area contributed by atoms with Crippen LogP contribution in [0.25, 0.3) is 5.65 Å². The summed E-state index contributed by atoms with van der Waals surface area (Å²) in [5.41, 5.74) is 3.35. The summed E-state index contributed by atoms with van der Waals surface area (Å²) in [6, 6.07) is 4.15. The summed E-state index contributed by atoms with van der Waals surface area (Å²) in [4.78, 5) is 19.0. The molecule has 2 aromatic rings. The molecule has 1 saturated carbocycles. The second-order valence-electron chi connectivity index (χ2n) is 9.90. The minimum atomic E-state index is -0.514. The number of hydrogen-bond acceptors (Lipinski definition) is 5. The van der Waals surface area contributed by atoms with Crippen LogP contribution in [0.3, 0.4) is 0 Å². The topological polar surface area (TPSA) is 69.0 Å². The van der Waals surface area contributed by atoms with Gasteiger partial charge in [-0.05, 0) is 52.5 Å². The molecule has 7 nitrogen and oxygen atoms in total. The second-order valence-corrected chi connectivity index (χ2v) is 9.90. The van der Waals surface area contributed by atoms with Gasteiger partial charge < -0.3 is 14.4 Å². The molecule has 3 heterocycles. The predicted molar refractivity (Wildman–Crippen MR) is 115 cm³/mol. The average molecular weight is 415 g/mol. The summed E-state index contributed by atoms with van der Waals surface area (Å²) < 4.78 is 13.6. The van der Waals surface area contributed by atoms with E-state index in [-0.39, 0.29) is 12.2 Å². The van der Waals surface area contributed by atoms with Crippen LogP contribution in [-0.2, 0) is 9.47 Å². The van der Waals surface area contributed by atoms with Gasteiger partial charge in [-0.3, -0.25) is 0 Å². The molecule has 0 aromatic carbocycles. The monoisotopic (exact) mass is 414 g/mol. The number of carbonyl (C=O) groups is 1. The maximum Gasteiger partial charge on any atom is 0.410 e. The van der Waals surface area contributed by atoms with Crippen molar-refractivity contribution in [2.45, 2.75) is 77.9 Å². The fourth-order valence-corrected chi connectivity index (χ4v) is 4.45. The standard InChI is InChI=1S/C23H34N4O3/c1-15-6-8-17(9-7-15)18-13-21-24-16(2)12-19(27(21)25-18)20-14-26(10-11-29-20)22(28)30-23(3,4)5/h12-13,15,17,20H,6-11,14H2,1-5H3/t15-,17-,20?. The number of morpholine rings is 1. The molecule has 164 valence electrons. The fourth-order valence-electron chi connectivity index (χ4n) is 4.45. The van der Waals surface area contributed by atoms with Crippen molar-refractivity contribution in [3.05, 3.63) is 29.2 Å². The lowest BCUT2D eigenvalue weighted by molar-refractivity contribution is -0.0454. The van der Waals surface area contributed by atoms with E-state index in [9.17, 15) is 4.79 Å². The van der Waals surface area contributed by atoms with Gasteiger partial charge in [0.05, 0.1) is 24.5 Å². The molecular weight excluding hydrogens is 380 g/mol. The molecule has 7 heteroatoms. The summed E-state index contributed by atoms with van der Waals surface area (Å²) >= 11 is 0. The van der Waals surface area contributed by atoms with Gasteiger partial charge in [0.25, 0.3) is 0 Å². The molecular formula is C23H34N4O3. The van der Waals surface area contributed by atoms with Gasteiger partial charge in [-0.1, -0.05) is 19.8 Å². The van der Waals surface area contributed by atoms with E-state index in [1.165, 1.54) is 25.7 Å². The van der Waals surface area contributed by atoms with Crippen molar-refractivity contribution in [3.8, 4) is 0 Å². The number of carbonyl (C=O) groups excluding carboxylic acids is 1. The molecule has 2 fully saturated rings. The highest BCUT2D eigenvalue weighted by atomic mass is 16.6. The molecule has 0 N–H and O–H groups in total. The van der Waals surface area contributed by atoms with Crippen LogP contribution in [0.15, 0.2) is 12.1 Å². The van der Waals surface area contributed by atoms with Crippen molar-refractivity contribution in [1.82, 2.24) is 19.5 Å². The minimum Gasteiger partial charge on any atom is -0.444 e. The summed E-state index contributed by atoms with van der Waals surface area (Å²) in [7, 11) is 0. The third kappa shape index (κ3) is 4.61. The zero-order valence-corrected chi connectivity index (χ0v) is 18.9. The van der Waals surface area contributed by atoms with E-state index in [1.54, 1.807) is 4.90 Å². The van der Waals surface area contributed by atoms with Crippen molar-refractivity contribution < 1.29 is 14.3 Å². The number of rotatable bonds is 2. The summed E-state index contributed by atoms with van der Waals surface area (Å²) in [6.07, 6.45) is 4.34. The van der Waals surface area contributed by atoms with E-state index >= 15 is 0 Å². The number of amides is 1. The maximum atomic E-state index is 12.6. The Balaban J connectivity index is 1.59. The van der Waals surface area contributed by atoms with E-state index in [2.05, 4.69) is 13.0 Å². The second kappa shape index (κ2) is 8.17. The first kappa shape index (κ1) is 21.1. The van der Waals surface area contributed by atoms with Crippen LogP contribution in [-0.4, -0.2) is 50.9 Å². The van der Waals surface area contributed by atoms with Gasteiger partial charge in [0, 0.05) is 24.2 Å². The van der Waals surface area contributed by atoms with Gasteiger partial charge in [0.1, 0.15) is 11.7 Å². The number of ether oxygens (including phenoxy) is 2. The zero-order chi connectivity index (χ0) is 21.5. The highest BCUT2D eigenvalue weighted by Gasteiger charge is 2.31. The van der Waals surface area contributed by atoms with E-state index < -0.39 is 5.60 Å². The third-order valence-corrected chi connectivity index (χ3v) is 6.08. The Morgan fingerprint density at radius 2 is 1.93 bits per heavy atom. The molecule has 1 aliphatic carbocycles. The van der Waals surface area contributed by atoms with E-state index in [0.29, 0.717) is 25.6 Å². The minimum absolute atomic E-state index is 0.255. The molecule has 1 saturated heterocycles. The van der Waals surface area contributed by atoms with E-state index in [4.69, 9.17) is 19.6 Å². The van der Waals surface area contributed by atoms with E-state index in [1.807, 2.05) is 38.3 Å². The van der Waals surface area contributed by atoms with Crippen LogP contribution < -0.4 is 0 Å². The molecule has 30 heavy (non-hydrogen) atoms. The number of aryl methyl sites for hydroxylation is 1. The Labute approximate surface area is 178 Å². The molecule has 1 amide bonds. The third-order valence-electron chi connectivity index (χ3n) is 6.08. The van der Waals surface area contributed by atoms with Crippen LogP contribution in [0.4, 0.5) is 4.79 Å². The van der Waals surface area contributed by atoms with Gasteiger partial charge in [-0.2, -0.15) is 5.10 Å². The van der Waals surface area contributed by atoms with Crippen LogP contribution in [0, 0.1) is 12.8 Å². The maximum absolute atomic E-state index is 12.6. The first-order valence-corrected chi connectivity index (χ1v) is 11.2. The quantitative estimate of drug-likeness (QED) is 0.716. The van der Waals surface area contributed by atoms with Gasteiger partial charge >= 0.3 is 6.09 Å². The highest BCUT2D eigenvalue weighted by molar-refractivity contribution is 5.68.